The summed E-state index contributed by atoms with van der Waals surface area (Å²) in [6, 6.07) is 11.8. The molecule has 3 heterocycles. The van der Waals surface area contributed by atoms with E-state index < -0.39 is 0 Å². The van der Waals surface area contributed by atoms with E-state index in [2.05, 4.69) is 15.5 Å². The summed E-state index contributed by atoms with van der Waals surface area (Å²) < 4.78 is 18.4. The molecule has 0 spiro atoms. The summed E-state index contributed by atoms with van der Waals surface area (Å²) in [7, 11) is 1.61. The second-order valence-electron chi connectivity index (χ2n) is 7.99. The Kier molecular flexibility index (Phi) is 6.08. The fraction of sp³-hybridized carbons (Fsp3) is 0.391. The van der Waals surface area contributed by atoms with Crippen LogP contribution < -0.4 is 14.2 Å². The zero-order chi connectivity index (χ0) is 22.8. The van der Waals surface area contributed by atoms with E-state index in [-0.39, 0.29) is 17.7 Å². The largest absolute Gasteiger partial charge is 0.494 e. The molecule has 0 bridgehead atoms. The highest BCUT2D eigenvalue weighted by atomic mass is 32.2. The number of benzene rings is 2. The molecule has 3 aromatic rings. The first-order valence-corrected chi connectivity index (χ1v) is 11.9. The van der Waals surface area contributed by atoms with Gasteiger partial charge in [0, 0.05) is 6.54 Å². The van der Waals surface area contributed by atoms with Gasteiger partial charge in [-0.15, -0.1) is 5.10 Å². The Morgan fingerprint density at radius 3 is 2.88 bits per heavy atom. The van der Waals surface area contributed by atoms with Crippen LogP contribution in [0, 0.1) is 6.92 Å². The molecule has 0 unspecified atom stereocenters. The summed E-state index contributed by atoms with van der Waals surface area (Å²) in [5.41, 5.74) is 2.88. The Balaban J connectivity index is 1.30. The van der Waals surface area contributed by atoms with Crippen LogP contribution in [0.2, 0.25) is 0 Å². The molecule has 0 radical (unpaired) electrons. The van der Waals surface area contributed by atoms with Gasteiger partial charge in [-0.05, 0) is 65.6 Å². The predicted molar refractivity (Wildman–Crippen MR) is 122 cm³/mol. The number of carbonyl (C=O) groups excluding carboxylic acids is 1. The van der Waals surface area contributed by atoms with E-state index >= 15 is 0 Å². The first kappa shape index (κ1) is 21.6. The Hall–Kier alpha value is -3.27. The molecule has 0 aliphatic carbocycles. The molecule has 1 aromatic heterocycles. The van der Waals surface area contributed by atoms with Crippen LogP contribution in [-0.4, -0.2) is 63.6 Å². The van der Waals surface area contributed by atoms with Gasteiger partial charge < -0.3 is 19.1 Å². The lowest BCUT2D eigenvalue weighted by Crippen LogP contribution is -2.32. The third-order valence-electron chi connectivity index (χ3n) is 5.85. The fourth-order valence-electron chi connectivity index (χ4n) is 4.27. The molecule has 0 saturated carbocycles. The number of likely N-dealkylation sites (tertiary alicyclic amines) is 1. The molecule has 1 atom stereocenters. The number of hydrogen-bond acceptors (Lipinski definition) is 8. The van der Waals surface area contributed by atoms with Crippen molar-refractivity contribution < 1.29 is 19.0 Å². The molecule has 1 amide bonds. The summed E-state index contributed by atoms with van der Waals surface area (Å²) in [5, 5.41) is 12.6. The van der Waals surface area contributed by atoms with Crippen molar-refractivity contribution in [3.63, 3.8) is 0 Å². The van der Waals surface area contributed by atoms with E-state index in [0.29, 0.717) is 24.1 Å². The van der Waals surface area contributed by atoms with Crippen molar-refractivity contribution in [1.82, 2.24) is 25.1 Å². The van der Waals surface area contributed by atoms with Crippen LogP contribution in [0.25, 0.3) is 5.69 Å². The standard InChI is InChI=1S/C23H25N5O4S/c1-15-5-7-19(30-2)18(12-15)28-23(24-25-26-28)33-14-22(29)27-9-3-4-17(27)16-6-8-20-21(13-16)32-11-10-31-20/h5-8,12-13,17H,3-4,9-11,14H2,1-2H3/t17-/m0/s1. The van der Waals surface area contributed by atoms with Crippen LogP contribution in [0.15, 0.2) is 41.6 Å². The molecule has 172 valence electrons. The second kappa shape index (κ2) is 9.30. The maximum absolute atomic E-state index is 13.2. The lowest BCUT2D eigenvalue weighted by molar-refractivity contribution is -0.129. The predicted octanol–water partition coefficient (Wildman–Crippen LogP) is 3.21. The van der Waals surface area contributed by atoms with Crippen LogP contribution in [-0.2, 0) is 4.79 Å². The highest BCUT2D eigenvalue weighted by Crippen LogP contribution is 2.38. The van der Waals surface area contributed by atoms with Crippen molar-refractivity contribution in [2.75, 3.05) is 32.6 Å². The summed E-state index contributed by atoms with van der Waals surface area (Å²) in [5.74, 6) is 2.48. The molecule has 2 aromatic carbocycles. The lowest BCUT2D eigenvalue weighted by atomic mass is 10.0. The van der Waals surface area contributed by atoms with E-state index in [1.165, 1.54) is 11.8 Å². The molecule has 1 saturated heterocycles. The Morgan fingerprint density at radius 2 is 2.03 bits per heavy atom. The van der Waals surface area contributed by atoms with Gasteiger partial charge in [-0.2, -0.15) is 4.68 Å². The van der Waals surface area contributed by atoms with E-state index in [4.69, 9.17) is 14.2 Å². The maximum atomic E-state index is 13.2. The topological polar surface area (TPSA) is 91.6 Å². The number of fused-ring (bicyclic) bond motifs is 1. The van der Waals surface area contributed by atoms with Crippen LogP contribution >= 0.6 is 11.8 Å². The molecular weight excluding hydrogens is 442 g/mol. The minimum absolute atomic E-state index is 0.0294. The van der Waals surface area contributed by atoms with E-state index in [0.717, 1.165) is 47.7 Å². The quantitative estimate of drug-likeness (QED) is 0.511. The minimum atomic E-state index is 0.0294. The first-order chi connectivity index (χ1) is 16.1. The zero-order valence-electron chi connectivity index (χ0n) is 18.6. The molecule has 33 heavy (non-hydrogen) atoms. The van der Waals surface area contributed by atoms with Crippen molar-refractivity contribution >= 4 is 17.7 Å². The van der Waals surface area contributed by atoms with Crippen LogP contribution in [0.3, 0.4) is 0 Å². The molecule has 0 N–H and O–H groups in total. The molecule has 1 fully saturated rings. The van der Waals surface area contributed by atoms with Gasteiger partial charge in [-0.3, -0.25) is 4.79 Å². The normalized spacial score (nSPS) is 17.3. The van der Waals surface area contributed by atoms with E-state index in [9.17, 15) is 4.79 Å². The molecule has 2 aliphatic rings. The minimum Gasteiger partial charge on any atom is -0.494 e. The number of hydrogen-bond donors (Lipinski definition) is 0. The second-order valence-corrected chi connectivity index (χ2v) is 8.93. The lowest BCUT2D eigenvalue weighted by Gasteiger charge is -2.26. The number of methoxy groups -OCH3 is 1. The Morgan fingerprint density at radius 1 is 1.18 bits per heavy atom. The van der Waals surface area contributed by atoms with Crippen LogP contribution in [0.5, 0.6) is 17.2 Å². The third kappa shape index (κ3) is 4.35. The van der Waals surface area contributed by atoms with E-state index in [1.807, 2.05) is 48.2 Å². The highest BCUT2D eigenvalue weighted by Gasteiger charge is 2.31. The smallest absolute Gasteiger partial charge is 0.233 e. The van der Waals surface area contributed by atoms with Gasteiger partial charge in [-0.1, -0.05) is 23.9 Å². The van der Waals surface area contributed by atoms with Gasteiger partial charge in [0.15, 0.2) is 11.5 Å². The summed E-state index contributed by atoms with van der Waals surface area (Å²) in [6.07, 6.45) is 1.89. The number of thioether (sulfide) groups is 1. The van der Waals surface area contributed by atoms with Crippen molar-refractivity contribution in [3.8, 4) is 22.9 Å². The first-order valence-electron chi connectivity index (χ1n) is 10.9. The molecule has 2 aliphatic heterocycles. The maximum Gasteiger partial charge on any atom is 0.233 e. The molecule has 5 rings (SSSR count). The van der Waals surface area contributed by atoms with Crippen LogP contribution in [0.4, 0.5) is 0 Å². The molecule has 10 heteroatoms. The number of aromatic nitrogens is 4. The average Bonchev–Trinajstić information content (AvgIpc) is 3.52. The Labute approximate surface area is 196 Å². The fourth-order valence-corrected chi connectivity index (χ4v) is 5.04. The SMILES string of the molecule is COc1ccc(C)cc1-n1nnnc1SCC(=O)N1CCC[C@H]1c1ccc2c(c1)OCCO2. The number of rotatable bonds is 6. The van der Waals surface area contributed by atoms with Gasteiger partial charge >= 0.3 is 0 Å². The zero-order valence-corrected chi connectivity index (χ0v) is 19.4. The average molecular weight is 468 g/mol. The monoisotopic (exact) mass is 467 g/mol. The van der Waals surface area contributed by atoms with Gasteiger partial charge in [0.05, 0.1) is 18.9 Å². The number of carbonyl (C=O) groups is 1. The number of tetrazole rings is 1. The van der Waals surface area contributed by atoms with E-state index in [1.54, 1.807) is 11.8 Å². The number of amides is 1. The van der Waals surface area contributed by atoms with Crippen molar-refractivity contribution in [3.05, 3.63) is 47.5 Å². The number of nitrogens with zero attached hydrogens (tertiary/aromatic N) is 5. The highest BCUT2D eigenvalue weighted by molar-refractivity contribution is 7.99. The van der Waals surface area contributed by atoms with Crippen molar-refractivity contribution in [1.29, 1.82) is 0 Å². The van der Waals surface area contributed by atoms with Crippen molar-refractivity contribution in [2.45, 2.75) is 31.0 Å². The summed E-state index contributed by atoms with van der Waals surface area (Å²) in [4.78, 5) is 15.1. The number of aryl methyl sites for hydroxylation is 1. The molecular formula is C23H25N5O4S. The van der Waals surface area contributed by atoms with Crippen molar-refractivity contribution in [2.24, 2.45) is 0 Å². The summed E-state index contributed by atoms with van der Waals surface area (Å²) in [6.45, 7) is 3.83. The summed E-state index contributed by atoms with van der Waals surface area (Å²) >= 11 is 1.32. The molecule has 9 nitrogen and oxygen atoms in total. The number of ether oxygens (including phenoxy) is 3. The Bertz CT molecular complexity index is 1170. The van der Waals surface area contributed by atoms with Crippen LogP contribution in [0.1, 0.15) is 30.0 Å². The van der Waals surface area contributed by atoms with Gasteiger partial charge in [0.25, 0.3) is 0 Å². The third-order valence-corrected chi connectivity index (χ3v) is 6.76. The van der Waals surface area contributed by atoms with Gasteiger partial charge in [-0.25, -0.2) is 0 Å². The van der Waals surface area contributed by atoms with Gasteiger partial charge in [0.1, 0.15) is 24.7 Å². The van der Waals surface area contributed by atoms with Gasteiger partial charge in [0.2, 0.25) is 11.1 Å².